The summed E-state index contributed by atoms with van der Waals surface area (Å²) in [6.45, 7) is 9.57. The number of nitrogens with zero attached hydrogens (tertiary/aromatic N) is 1. The topological polar surface area (TPSA) is 41.6 Å². The lowest BCUT2D eigenvalue weighted by Gasteiger charge is -2.39. The lowest BCUT2D eigenvalue weighted by molar-refractivity contribution is -0.145. The zero-order chi connectivity index (χ0) is 13.6. The van der Waals surface area contributed by atoms with E-state index < -0.39 is 0 Å². The molecule has 0 spiro atoms. The molecule has 0 bridgehead atoms. The molecule has 106 valence electrons. The fourth-order valence-electron chi connectivity index (χ4n) is 2.47. The molecule has 1 unspecified atom stereocenters. The number of hydrogen-bond donors (Lipinski definition) is 1. The van der Waals surface area contributed by atoms with E-state index in [-0.39, 0.29) is 5.41 Å². The van der Waals surface area contributed by atoms with Gasteiger partial charge in [-0.05, 0) is 39.3 Å². The zero-order valence-corrected chi connectivity index (χ0v) is 12.3. The van der Waals surface area contributed by atoms with E-state index in [2.05, 4.69) is 26.1 Å². The van der Waals surface area contributed by atoms with Gasteiger partial charge in [0.15, 0.2) is 0 Å². The number of piperidine rings is 1. The van der Waals surface area contributed by atoms with Crippen molar-refractivity contribution < 1.29 is 9.53 Å². The number of rotatable bonds is 6. The van der Waals surface area contributed by atoms with E-state index in [1.807, 2.05) is 4.90 Å². The molecule has 1 N–H and O–H groups in total. The largest absolute Gasteiger partial charge is 0.383 e. The van der Waals surface area contributed by atoms with Crippen LogP contribution in [0.2, 0.25) is 0 Å². The van der Waals surface area contributed by atoms with Gasteiger partial charge >= 0.3 is 0 Å². The van der Waals surface area contributed by atoms with Gasteiger partial charge in [0.1, 0.15) is 0 Å². The molecule has 1 aliphatic heterocycles. The van der Waals surface area contributed by atoms with Crippen molar-refractivity contribution in [1.29, 1.82) is 0 Å². The summed E-state index contributed by atoms with van der Waals surface area (Å²) in [4.78, 5) is 14.8. The molecule has 0 aromatic heterocycles. The Bertz CT molecular complexity index is 263. The van der Waals surface area contributed by atoms with Crippen LogP contribution in [-0.2, 0) is 9.53 Å². The first kappa shape index (κ1) is 15.4. The minimum atomic E-state index is -0.192. The first-order valence-corrected chi connectivity index (χ1v) is 7.06. The number of nitrogens with one attached hydrogen (secondary N) is 1. The molecule has 1 rings (SSSR count). The summed E-state index contributed by atoms with van der Waals surface area (Å²) >= 11 is 0. The van der Waals surface area contributed by atoms with Crippen LogP contribution in [0, 0.1) is 5.41 Å². The fraction of sp³-hybridized carbons (Fsp3) is 0.929. The predicted molar refractivity (Wildman–Crippen MR) is 73.6 cm³/mol. The number of methoxy groups -OCH3 is 1. The van der Waals surface area contributed by atoms with E-state index in [0.717, 1.165) is 32.4 Å². The van der Waals surface area contributed by atoms with Gasteiger partial charge in [-0.1, -0.05) is 13.8 Å². The Balaban J connectivity index is 2.73. The highest BCUT2D eigenvalue weighted by Crippen LogP contribution is 2.31. The molecule has 0 aliphatic carbocycles. The van der Waals surface area contributed by atoms with E-state index in [1.165, 1.54) is 0 Å². The number of ether oxygens (including phenoxy) is 1. The smallest absolute Gasteiger partial charge is 0.228 e. The third-order valence-electron chi connectivity index (χ3n) is 4.14. The summed E-state index contributed by atoms with van der Waals surface area (Å²) in [5.74, 6) is 0.301. The zero-order valence-electron chi connectivity index (χ0n) is 12.3. The van der Waals surface area contributed by atoms with Crippen LogP contribution in [0.15, 0.2) is 0 Å². The third-order valence-corrected chi connectivity index (χ3v) is 4.14. The standard InChI is InChI=1S/C14H28N2O2/c1-5-12(2)16(10-11-18-4)13(17)14(3)6-8-15-9-7-14/h12,15H,5-11H2,1-4H3. The Kier molecular flexibility index (Phi) is 6.09. The summed E-state index contributed by atoms with van der Waals surface area (Å²) in [6.07, 6.45) is 2.86. The van der Waals surface area contributed by atoms with Crippen LogP contribution in [0.25, 0.3) is 0 Å². The van der Waals surface area contributed by atoms with Gasteiger partial charge < -0.3 is 15.0 Å². The number of carbonyl (C=O) groups is 1. The molecule has 1 amide bonds. The molecular formula is C14H28N2O2. The molecule has 1 atom stereocenters. The second-order valence-electron chi connectivity index (χ2n) is 5.56. The maximum Gasteiger partial charge on any atom is 0.228 e. The van der Waals surface area contributed by atoms with Gasteiger partial charge in [-0.3, -0.25) is 4.79 Å². The van der Waals surface area contributed by atoms with Crippen LogP contribution in [0.1, 0.15) is 40.0 Å². The normalized spacial score (nSPS) is 20.4. The number of carbonyl (C=O) groups excluding carboxylic acids is 1. The minimum absolute atomic E-state index is 0.192. The summed E-state index contributed by atoms with van der Waals surface area (Å²) in [6, 6.07) is 0.291. The maximum absolute atomic E-state index is 12.8. The van der Waals surface area contributed by atoms with E-state index >= 15 is 0 Å². The van der Waals surface area contributed by atoms with Crippen LogP contribution in [0.4, 0.5) is 0 Å². The number of amides is 1. The molecule has 1 heterocycles. The van der Waals surface area contributed by atoms with Crippen molar-refractivity contribution >= 4 is 5.91 Å². The van der Waals surface area contributed by atoms with E-state index in [0.29, 0.717) is 25.1 Å². The van der Waals surface area contributed by atoms with E-state index in [1.54, 1.807) is 7.11 Å². The molecule has 4 heteroatoms. The summed E-state index contributed by atoms with van der Waals surface area (Å²) in [5.41, 5.74) is -0.192. The average Bonchev–Trinajstić information content (AvgIpc) is 2.39. The first-order chi connectivity index (χ1) is 8.55. The Morgan fingerprint density at radius 2 is 2.06 bits per heavy atom. The highest BCUT2D eigenvalue weighted by molar-refractivity contribution is 5.82. The molecule has 0 radical (unpaired) electrons. The Hall–Kier alpha value is -0.610. The Morgan fingerprint density at radius 1 is 1.44 bits per heavy atom. The summed E-state index contributed by atoms with van der Waals surface area (Å²) in [5, 5.41) is 3.32. The summed E-state index contributed by atoms with van der Waals surface area (Å²) < 4.78 is 5.13. The van der Waals surface area contributed by atoms with Crippen molar-refractivity contribution in [2.45, 2.75) is 46.1 Å². The maximum atomic E-state index is 12.8. The van der Waals surface area contributed by atoms with Gasteiger partial charge in [0.05, 0.1) is 6.61 Å². The van der Waals surface area contributed by atoms with Crippen molar-refractivity contribution in [2.24, 2.45) is 5.41 Å². The van der Waals surface area contributed by atoms with Gasteiger partial charge in [-0.2, -0.15) is 0 Å². The molecule has 4 nitrogen and oxygen atoms in total. The molecule has 1 saturated heterocycles. The van der Waals surface area contributed by atoms with Crippen molar-refractivity contribution in [1.82, 2.24) is 10.2 Å². The van der Waals surface area contributed by atoms with Crippen LogP contribution < -0.4 is 5.32 Å². The van der Waals surface area contributed by atoms with Gasteiger partial charge in [0.2, 0.25) is 5.91 Å². The minimum Gasteiger partial charge on any atom is -0.383 e. The van der Waals surface area contributed by atoms with Crippen LogP contribution >= 0.6 is 0 Å². The van der Waals surface area contributed by atoms with Gasteiger partial charge in [-0.25, -0.2) is 0 Å². The third kappa shape index (κ3) is 3.69. The predicted octanol–water partition coefficient (Wildman–Crippen LogP) is 1.65. The monoisotopic (exact) mass is 256 g/mol. The Morgan fingerprint density at radius 3 is 2.56 bits per heavy atom. The van der Waals surface area contributed by atoms with Crippen LogP contribution in [0.3, 0.4) is 0 Å². The van der Waals surface area contributed by atoms with Crippen molar-refractivity contribution in [3.05, 3.63) is 0 Å². The first-order valence-electron chi connectivity index (χ1n) is 7.06. The van der Waals surface area contributed by atoms with Crippen LogP contribution in [0.5, 0.6) is 0 Å². The molecule has 0 aromatic rings. The lowest BCUT2D eigenvalue weighted by atomic mass is 9.79. The van der Waals surface area contributed by atoms with Crippen molar-refractivity contribution in [3.63, 3.8) is 0 Å². The van der Waals surface area contributed by atoms with E-state index in [4.69, 9.17) is 4.74 Å². The van der Waals surface area contributed by atoms with Crippen molar-refractivity contribution in [3.8, 4) is 0 Å². The second kappa shape index (κ2) is 7.10. The van der Waals surface area contributed by atoms with Crippen molar-refractivity contribution in [2.75, 3.05) is 33.4 Å². The molecule has 1 fully saturated rings. The molecule has 18 heavy (non-hydrogen) atoms. The lowest BCUT2D eigenvalue weighted by Crippen LogP contribution is -2.51. The quantitative estimate of drug-likeness (QED) is 0.785. The van der Waals surface area contributed by atoms with Gasteiger partial charge in [-0.15, -0.1) is 0 Å². The highest BCUT2D eigenvalue weighted by atomic mass is 16.5. The van der Waals surface area contributed by atoms with Crippen LogP contribution in [-0.4, -0.2) is 50.2 Å². The molecular weight excluding hydrogens is 228 g/mol. The second-order valence-corrected chi connectivity index (χ2v) is 5.56. The Labute approximate surface area is 111 Å². The van der Waals surface area contributed by atoms with Gasteiger partial charge in [0.25, 0.3) is 0 Å². The molecule has 0 saturated carbocycles. The highest BCUT2D eigenvalue weighted by Gasteiger charge is 2.38. The number of hydrogen-bond acceptors (Lipinski definition) is 3. The summed E-state index contributed by atoms with van der Waals surface area (Å²) in [7, 11) is 1.69. The average molecular weight is 256 g/mol. The SMILES string of the molecule is CCC(C)N(CCOC)C(=O)C1(C)CCNCC1. The fourth-order valence-corrected chi connectivity index (χ4v) is 2.47. The molecule has 1 aliphatic rings. The van der Waals surface area contributed by atoms with E-state index in [9.17, 15) is 4.79 Å². The molecule has 0 aromatic carbocycles. The van der Waals surface area contributed by atoms with Gasteiger partial charge in [0, 0.05) is 25.1 Å².